The number of amides is 2. The Morgan fingerprint density at radius 1 is 0.938 bits per heavy atom. The van der Waals surface area contributed by atoms with E-state index in [0.717, 1.165) is 11.1 Å². The molecule has 0 saturated carbocycles. The molecule has 3 aromatic rings. The molecule has 0 fully saturated rings. The number of hydrogen-bond acceptors (Lipinski definition) is 4. The smallest absolute Gasteiger partial charge is 0.276 e. The highest BCUT2D eigenvalue weighted by Gasteiger charge is 2.23. The van der Waals surface area contributed by atoms with Gasteiger partial charge < -0.3 is 10.1 Å². The zero-order chi connectivity index (χ0) is 22.9. The average Bonchev–Trinajstić information content (AvgIpc) is 2.79. The molecule has 0 aliphatic carbocycles. The van der Waals surface area contributed by atoms with E-state index in [4.69, 9.17) is 28.6 Å². The first-order chi connectivity index (χ1) is 15.4. The van der Waals surface area contributed by atoms with E-state index in [1.165, 1.54) is 0 Å². The minimum absolute atomic E-state index is 0.0344. The molecule has 0 aliphatic rings. The lowest BCUT2D eigenvalue weighted by molar-refractivity contribution is -0.124. The van der Waals surface area contributed by atoms with E-state index in [1.807, 2.05) is 60.7 Å². The van der Waals surface area contributed by atoms with Gasteiger partial charge in [0.1, 0.15) is 5.75 Å². The lowest BCUT2D eigenvalue weighted by Gasteiger charge is -2.19. The predicted octanol–water partition coefficient (Wildman–Crippen LogP) is 4.34. The maximum Gasteiger partial charge on any atom is 0.276 e. The number of benzene rings is 3. The molecule has 3 aromatic carbocycles. The monoisotopic (exact) mass is 531 g/mol. The Balaban J connectivity index is 1.54. The first kappa shape index (κ1) is 23.7. The molecule has 164 valence electrons. The van der Waals surface area contributed by atoms with Crippen LogP contribution in [0.4, 0.5) is 0 Å². The van der Waals surface area contributed by atoms with Crippen LogP contribution in [0.5, 0.6) is 5.75 Å². The number of carbonyl (C=O) groups excluding carboxylic acids is 2. The van der Waals surface area contributed by atoms with Crippen molar-refractivity contribution >= 4 is 56.7 Å². The molecule has 32 heavy (non-hydrogen) atoms. The van der Waals surface area contributed by atoms with Gasteiger partial charge in [0.15, 0.2) is 11.7 Å². The summed E-state index contributed by atoms with van der Waals surface area (Å²) in [6, 6.07) is 23.7. The number of thiocarbonyl (C=S) groups is 1. The van der Waals surface area contributed by atoms with Crippen molar-refractivity contribution in [2.24, 2.45) is 0 Å². The topological polar surface area (TPSA) is 79.5 Å². The average molecular weight is 533 g/mol. The number of nitrogens with one attached hydrogen (secondary N) is 3. The summed E-state index contributed by atoms with van der Waals surface area (Å²) in [5.41, 5.74) is 6.56. The number of hydrazine groups is 1. The highest BCUT2D eigenvalue weighted by molar-refractivity contribution is 9.10. The van der Waals surface area contributed by atoms with E-state index in [-0.39, 0.29) is 17.6 Å². The van der Waals surface area contributed by atoms with Gasteiger partial charge in [0.05, 0.1) is 10.4 Å². The predicted molar refractivity (Wildman–Crippen MR) is 131 cm³/mol. The summed E-state index contributed by atoms with van der Waals surface area (Å²) in [7, 11) is 0. The van der Waals surface area contributed by atoms with Gasteiger partial charge in [-0.1, -0.05) is 72.3 Å². The molecule has 3 N–H and O–H groups in total. The second-order valence-electron chi connectivity index (χ2n) is 6.61. The fraction of sp³-hybridized carbons (Fsp3) is 0.0870. The third-order valence-corrected chi connectivity index (χ3v) is 5.39. The molecule has 3 rings (SSSR count). The van der Waals surface area contributed by atoms with Gasteiger partial charge in [0.2, 0.25) is 5.91 Å². The molecule has 0 radical (unpaired) electrons. The highest BCUT2D eigenvalue weighted by atomic mass is 79.9. The fourth-order valence-corrected chi connectivity index (χ4v) is 3.85. The van der Waals surface area contributed by atoms with Crippen LogP contribution in [0.2, 0.25) is 5.02 Å². The molecule has 0 bridgehead atoms. The van der Waals surface area contributed by atoms with Crippen LogP contribution in [-0.4, -0.2) is 23.5 Å². The van der Waals surface area contributed by atoms with Crippen molar-refractivity contribution in [3.8, 4) is 5.75 Å². The maximum absolute atomic E-state index is 13.0. The second-order valence-corrected chi connectivity index (χ2v) is 8.31. The van der Waals surface area contributed by atoms with Gasteiger partial charge in [0.25, 0.3) is 5.91 Å². The third-order valence-electron chi connectivity index (χ3n) is 4.33. The largest absolute Gasteiger partial charge is 0.483 e. The molecule has 2 amide bonds. The Hall–Kier alpha value is -2.94. The summed E-state index contributed by atoms with van der Waals surface area (Å²) >= 11 is 14.4. The van der Waals surface area contributed by atoms with Gasteiger partial charge in [-0.15, -0.1) is 0 Å². The van der Waals surface area contributed by atoms with Crippen molar-refractivity contribution in [2.75, 3.05) is 6.61 Å². The van der Waals surface area contributed by atoms with Crippen molar-refractivity contribution in [3.63, 3.8) is 0 Å². The molecule has 0 saturated heterocycles. The van der Waals surface area contributed by atoms with Crippen LogP contribution >= 0.6 is 39.7 Å². The van der Waals surface area contributed by atoms with Gasteiger partial charge in [-0.2, -0.15) is 0 Å². The fourth-order valence-electron chi connectivity index (χ4n) is 2.90. The normalized spacial score (nSPS) is 10.3. The summed E-state index contributed by atoms with van der Waals surface area (Å²) in [5.74, 6) is -0.894. The van der Waals surface area contributed by atoms with Crippen LogP contribution in [0.1, 0.15) is 17.0 Å². The van der Waals surface area contributed by atoms with Crippen LogP contribution in [0.3, 0.4) is 0 Å². The van der Waals surface area contributed by atoms with Gasteiger partial charge in [0, 0.05) is 5.02 Å². The number of halogens is 2. The Morgan fingerprint density at radius 2 is 1.53 bits per heavy atom. The minimum atomic E-state index is -0.557. The SMILES string of the molecule is O=C(COc1ccc(Cl)cc1Br)NNC(=S)NC(=O)C(c1ccccc1)c1ccccc1. The van der Waals surface area contributed by atoms with Crippen molar-refractivity contribution in [2.45, 2.75) is 5.92 Å². The molecule has 0 aromatic heterocycles. The van der Waals surface area contributed by atoms with Crippen LogP contribution < -0.4 is 20.9 Å². The second kappa shape index (κ2) is 11.6. The molecule has 0 unspecified atom stereocenters. The molecule has 9 heteroatoms. The van der Waals surface area contributed by atoms with Crippen LogP contribution in [0, 0.1) is 0 Å². The molecular weight excluding hydrogens is 514 g/mol. The molecule has 0 spiro atoms. The van der Waals surface area contributed by atoms with Crippen LogP contribution in [0.15, 0.2) is 83.3 Å². The lowest BCUT2D eigenvalue weighted by Crippen LogP contribution is -2.50. The molecule has 6 nitrogen and oxygen atoms in total. The van der Waals surface area contributed by atoms with Gasteiger partial charge >= 0.3 is 0 Å². The van der Waals surface area contributed by atoms with Gasteiger partial charge in [-0.25, -0.2) is 0 Å². The lowest BCUT2D eigenvalue weighted by atomic mass is 9.90. The van der Waals surface area contributed by atoms with Crippen LogP contribution in [0.25, 0.3) is 0 Å². The van der Waals surface area contributed by atoms with E-state index in [2.05, 4.69) is 32.1 Å². The van der Waals surface area contributed by atoms with E-state index in [9.17, 15) is 9.59 Å². The van der Waals surface area contributed by atoms with E-state index >= 15 is 0 Å². The minimum Gasteiger partial charge on any atom is -0.483 e. The highest BCUT2D eigenvalue weighted by Crippen LogP contribution is 2.28. The van der Waals surface area contributed by atoms with Crippen LogP contribution in [-0.2, 0) is 9.59 Å². The Labute approximate surface area is 204 Å². The molecule has 0 atom stereocenters. The summed E-state index contributed by atoms with van der Waals surface area (Å²) < 4.78 is 6.06. The van der Waals surface area contributed by atoms with Gasteiger partial charge in [-0.05, 0) is 57.5 Å². The summed E-state index contributed by atoms with van der Waals surface area (Å²) in [4.78, 5) is 25.0. The Bertz CT molecular complexity index is 1060. The molecular formula is C23H19BrClN3O3S. The van der Waals surface area contributed by atoms with E-state index < -0.39 is 11.8 Å². The zero-order valence-electron chi connectivity index (χ0n) is 16.7. The summed E-state index contributed by atoms with van der Waals surface area (Å²) in [5, 5.41) is 3.13. The summed E-state index contributed by atoms with van der Waals surface area (Å²) in [6.45, 7) is -0.263. The number of rotatable bonds is 6. The first-order valence-corrected chi connectivity index (χ1v) is 11.1. The van der Waals surface area contributed by atoms with E-state index in [1.54, 1.807) is 18.2 Å². The molecule has 0 aliphatic heterocycles. The standard InChI is InChI=1S/C23H19BrClN3O3S/c24-18-13-17(25)11-12-19(18)31-14-20(29)27-28-23(32)26-22(30)21(15-7-3-1-4-8-15)16-9-5-2-6-10-16/h1-13,21H,14H2,(H,27,29)(H2,26,28,30,32). The number of hydrogen-bond donors (Lipinski definition) is 3. The third kappa shape index (κ3) is 6.78. The number of carbonyl (C=O) groups is 2. The van der Waals surface area contributed by atoms with E-state index in [0.29, 0.717) is 15.2 Å². The summed E-state index contributed by atoms with van der Waals surface area (Å²) in [6.07, 6.45) is 0. The van der Waals surface area contributed by atoms with Gasteiger partial charge in [-0.3, -0.25) is 20.4 Å². The molecule has 0 heterocycles. The van der Waals surface area contributed by atoms with Crippen molar-refractivity contribution in [1.82, 2.24) is 16.2 Å². The zero-order valence-corrected chi connectivity index (χ0v) is 19.8. The van der Waals surface area contributed by atoms with Crippen molar-refractivity contribution in [1.29, 1.82) is 0 Å². The quantitative estimate of drug-likeness (QED) is 0.325. The Kier molecular flexibility index (Phi) is 8.61. The number of ether oxygens (including phenoxy) is 1. The Morgan fingerprint density at radius 3 is 2.09 bits per heavy atom. The van der Waals surface area contributed by atoms with Crippen molar-refractivity contribution < 1.29 is 14.3 Å². The maximum atomic E-state index is 13.0. The first-order valence-electron chi connectivity index (χ1n) is 9.51. The van der Waals surface area contributed by atoms with Crippen molar-refractivity contribution in [3.05, 3.63) is 99.5 Å².